The lowest BCUT2D eigenvalue weighted by Crippen LogP contribution is -1.98. The van der Waals surface area contributed by atoms with Crippen molar-refractivity contribution in [1.29, 1.82) is 0 Å². The van der Waals surface area contributed by atoms with Crippen molar-refractivity contribution in [1.82, 2.24) is 4.98 Å². The van der Waals surface area contributed by atoms with E-state index in [1.165, 1.54) is 5.39 Å². The van der Waals surface area contributed by atoms with E-state index >= 15 is 0 Å². The summed E-state index contributed by atoms with van der Waals surface area (Å²) in [5.74, 6) is 0.192. The fourth-order valence-corrected chi connectivity index (χ4v) is 2.90. The van der Waals surface area contributed by atoms with Crippen LogP contribution in [0.15, 0.2) is 42.5 Å². The highest BCUT2D eigenvalue weighted by molar-refractivity contribution is 6.10. The van der Waals surface area contributed by atoms with Gasteiger partial charge in [-0.15, -0.1) is 0 Å². The van der Waals surface area contributed by atoms with E-state index in [0.717, 1.165) is 47.9 Å². The van der Waals surface area contributed by atoms with Crippen LogP contribution < -0.4 is 4.74 Å². The Hall–Kier alpha value is -2.49. The van der Waals surface area contributed by atoms with Crippen LogP contribution in [0.3, 0.4) is 0 Å². The number of para-hydroxylation sites is 1. The third-order valence-corrected chi connectivity index (χ3v) is 4.03. The van der Waals surface area contributed by atoms with Crippen molar-refractivity contribution in [3.63, 3.8) is 0 Å². The van der Waals surface area contributed by atoms with E-state index in [1.807, 2.05) is 24.3 Å². The number of aromatic nitrogens is 1. The lowest BCUT2D eigenvalue weighted by Gasteiger charge is -2.07. The van der Waals surface area contributed by atoms with Gasteiger partial charge >= 0.3 is 5.97 Å². The summed E-state index contributed by atoms with van der Waals surface area (Å²) in [5, 5.41) is 10.9. The van der Waals surface area contributed by atoms with Crippen LogP contribution in [-0.4, -0.2) is 22.7 Å². The molecule has 0 spiro atoms. The largest absolute Gasteiger partial charge is 0.493 e. The lowest BCUT2D eigenvalue weighted by atomic mass is 10.1. The summed E-state index contributed by atoms with van der Waals surface area (Å²) in [7, 11) is 0. The molecule has 2 N–H and O–H groups in total. The van der Waals surface area contributed by atoms with Crippen LogP contribution in [-0.2, 0) is 4.79 Å². The molecule has 120 valence electrons. The predicted molar refractivity (Wildman–Crippen MR) is 92.0 cm³/mol. The van der Waals surface area contributed by atoms with Gasteiger partial charge in [0, 0.05) is 22.7 Å². The van der Waals surface area contributed by atoms with Gasteiger partial charge < -0.3 is 14.8 Å². The first kappa shape index (κ1) is 15.4. The molecule has 0 atom stereocenters. The van der Waals surface area contributed by atoms with Crippen molar-refractivity contribution >= 4 is 27.8 Å². The Labute approximate surface area is 135 Å². The molecule has 0 saturated carbocycles. The minimum atomic E-state index is -0.715. The van der Waals surface area contributed by atoms with Gasteiger partial charge in [-0.2, -0.15) is 0 Å². The summed E-state index contributed by atoms with van der Waals surface area (Å²) in [4.78, 5) is 13.9. The Balaban J connectivity index is 1.61. The van der Waals surface area contributed by atoms with Crippen molar-refractivity contribution in [3.8, 4) is 5.75 Å². The molecule has 4 nitrogen and oxygen atoms in total. The monoisotopic (exact) mass is 311 g/mol. The third kappa shape index (κ3) is 3.65. The van der Waals surface area contributed by atoms with Gasteiger partial charge in [0.2, 0.25) is 0 Å². The molecule has 0 amide bonds. The number of carboxylic acids is 1. The molecule has 0 fully saturated rings. The van der Waals surface area contributed by atoms with E-state index < -0.39 is 5.97 Å². The Kier molecular flexibility index (Phi) is 4.81. The average molecular weight is 311 g/mol. The highest BCUT2D eigenvalue weighted by Gasteiger charge is 2.08. The van der Waals surface area contributed by atoms with Crippen molar-refractivity contribution in [2.24, 2.45) is 0 Å². The zero-order valence-corrected chi connectivity index (χ0v) is 13.0. The second-order valence-corrected chi connectivity index (χ2v) is 5.76. The van der Waals surface area contributed by atoms with Gasteiger partial charge in [0.05, 0.1) is 12.1 Å². The molecular weight excluding hydrogens is 290 g/mol. The zero-order chi connectivity index (χ0) is 16.1. The molecule has 3 aromatic rings. The highest BCUT2D eigenvalue weighted by atomic mass is 16.5. The molecule has 1 aromatic heterocycles. The number of benzene rings is 2. The van der Waals surface area contributed by atoms with Gasteiger partial charge in [0.25, 0.3) is 0 Å². The highest BCUT2D eigenvalue weighted by Crippen LogP contribution is 2.32. The van der Waals surface area contributed by atoms with E-state index in [-0.39, 0.29) is 6.42 Å². The lowest BCUT2D eigenvalue weighted by molar-refractivity contribution is -0.137. The van der Waals surface area contributed by atoms with Crippen molar-refractivity contribution in [2.75, 3.05) is 6.61 Å². The maximum Gasteiger partial charge on any atom is 0.303 e. The van der Waals surface area contributed by atoms with Crippen LogP contribution in [0.5, 0.6) is 5.75 Å². The first-order chi connectivity index (χ1) is 11.3. The van der Waals surface area contributed by atoms with Gasteiger partial charge in [0.1, 0.15) is 5.75 Å². The van der Waals surface area contributed by atoms with Crippen molar-refractivity contribution in [3.05, 3.63) is 42.5 Å². The first-order valence-corrected chi connectivity index (χ1v) is 8.10. The number of nitrogens with one attached hydrogen (secondary N) is 1. The minimum Gasteiger partial charge on any atom is -0.493 e. The molecule has 4 heteroatoms. The van der Waals surface area contributed by atoms with E-state index in [4.69, 9.17) is 9.84 Å². The van der Waals surface area contributed by atoms with Crippen LogP contribution in [0.25, 0.3) is 21.8 Å². The predicted octanol–water partition coefficient (Wildman–Crippen LogP) is 4.74. The quantitative estimate of drug-likeness (QED) is 0.591. The summed E-state index contributed by atoms with van der Waals surface area (Å²) in [6.07, 6.45) is 3.88. The van der Waals surface area contributed by atoms with Crippen molar-refractivity contribution < 1.29 is 14.6 Å². The fraction of sp³-hybridized carbons (Fsp3) is 0.316. The molecule has 0 radical (unpaired) electrons. The molecule has 2 aromatic carbocycles. The molecule has 0 bridgehead atoms. The van der Waals surface area contributed by atoms with E-state index in [2.05, 4.69) is 23.2 Å². The first-order valence-electron chi connectivity index (χ1n) is 8.10. The van der Waals surface area contributed by atoms with E-state index in [1.54, 1.807) is 0 Å². The molecule has 3 rings (SSSR count). The molecule has 0 aliphatic carbocycles. The smallest absolute Gasteiger partial charge is 0.303 e. The number of rotatable bonds is 8. The van der Waals surface area contributed by atoms with Crippen LogP contribution in [0.4, 0.5) is 0 Å². The van der Waals surface area contributed by atoms with Crippen LogP contribution in [0.1, 0.15) is 32.1 Å². The standard InChI is InChI=1S/C19H21NO3/c21-18(22)12-3-1-2-6-13-23-17-11-7-10-16-19(17)14-8-4-5-9-15(14)20-16/h4-5,7-11,20H,1-3,6,12-13H2,(H,21,22). The summed E-state index contributed by atoms with van der Waals surface area (Å²) in [6, 6.07) is 14.3. The Morgan fingerprint density at radius 1 is 0.957 bits per heavy atom. The van der Waals surface area contributed by atoms with Crippen LogP contribution in [0.2, 0.25) is 0 Å². The number of carboxylic acid groups (broad SMARTS) is 1. The minimum absolute atomic E-state index is 0.259. The van der Waals surface area contributed by atoms with Gasteiger partial charge in [-0.05, 0) is 31.0 Å². The third-order valence-electron chi connectivity index (χ3n) is 4.03. The molecular formula is C19H21NO3. The number of aromatic amines is 1. The number of hydrogen-bond donors (Lipinski definition) is 2. The number of hydrogen-bond acceptors (Lipinski definition) is 2. The Bertz CT molecular complexity index is 807. The summed E-state index contributed by atoms with van der Waals surface area (Å²) >= 11 is 0. The van der Waals surface area contributed by atoms with Gasteiger partial charge in [0.15, 0.2) is 0 Å². The molecule has 1 heterocycles. The van der Waals surface area contributed by atoms with Gasteiger partial charge in [-0.25, -0.2) is 0 Å². The summed E-state index contributed by atoms with van der Waals surface area (Å²) in [6.45, 7) is 0.658. The van der Waals surface area contributed by atoms with Gasteiger partial charge in [-0.3, -0.25) is 4.79 Å². The number of ether oxygens (including phenoxy) is 1. The molecule has 0 aliphatic heterocycles. The Morgan fingerprint density at radius 2 is 1.74 bits per heavy atom. The maximum atomic E-state index is 10.5. The zero-order valence-electron chi connectivity index (χ0n) is 13.0. The summed E-state index contributed by atoms with van der Waals surface area (Å²) in [5.41, 5.74) is 2.21. The molecule has 0 aliphatic rings. The second-order valence-electron chi connectivity index (χ2n) is 5.76. The Morgan fingerprint density at radius 3 is 2.61 bits per heavy atom. The average Bonchev–Trinajstić information content (AvgIpc) is 2.93. The van der Waals surface area contributed by atoms with Crippen molar-refractivity contribution in [2.45, 2.75) is 32.1 Å². The maximum absolute atomic E-state index is 10.5. The van der Waals surface area contributed by atoms with Crippen LogP contribution in [0, 0.1) is 0 Å². The second kappa shape index (κ2) is 7.18. The number of unbranched alkanes of at least 4 members (excludes halogenated alkanes) is 3. The number of H-pyrrole nitrogens is 1. The molecule has 0 saturated heterocycles. The molecule has 0 unspecified atom stereocenters. The van der Waals surface area contributed by atoms with E-state index in [0.29, 0.717) is 6.61 Å². The van der Waals surface area contributed by atoms with Crippen LogP contribution >= 0.6 is 0 Å². The molecule has 23 heavy (non-hydrogen) atoms. The van der Waals surface area contributed by atoms with E-state index in [9.17, 15) is 4.79 Å². The number of aliphatic carboxylic acids is 1. The van der Waals surface area contributed by atoms with Gasteiger partial charge in [-0.1, -0.05) is 37.1 Å². The fourth-order valence-electron chi connectivity index (χ4n) is 2.90. The number of fused-ring (bicyclic) bond motifs is 3. The SMILES string of the molecule is O=C(O)CCCCCCOc1cccc2[nH]c3ccccc3c12. The topological polar surface area (TPSA) is 62.3 Å². The normalized spacial score (nSPS) is 11.1. The summed E-state index contributed by atoms with van der Waals surface area (Å²) < 4.78 is 5.98. The number of carbonyl (C=O) groups is 1.